The van der Waals surface area contributed by atoms with Crippen LogP contribution in [0.1, 0.15) is 61.3 Å². The SMILES string of the molecule is O=C1CC[C@H](/C=C(\c2ccc(OC3CC3)c(Cl)c2)c2ccc(C3CC3)c(=O)[nH]2)N1. The van der Waals surface area contributed by atoms with Crippen molar-refractivity contribution in [3.8, 4) is 5.75 Å². The Morgan fingerprint density at radius 2 is 1.90 bits per heavy atom. The summed E-state index contributed by atoms with van der Waals surface area (Å²) < 4.78 is 5.85. The smallest absolute Gasteiger partial charge is 0.251 e. The van der Waals surface area contributed by atoms with Crippen molar-refractivity contribution in [2.45, 2.75) is 56.6 Å². The molecule has 1 aromatic heterocycles. The predicted octanol–water partition coefficient (Wildman–Crippen LogP) is 4.16. The molecule has 5 rings (SSSR count). The number of H-pyrrole nitrogens is 1. The van der Waals surface area contributed by atoms with E-state index in [9.17, 15) is 9.59 Å². The fourth-order valence-corrected chi connectivity index (χ4v) is 4.02. The van der Waals surface area contributed by atoms with Gasteiger partial charge < -0.3 is 15.0 Å². The van der Waals surface area contributed by atoms with Crippen molar-refractivity contribution in [1.29, 1.82) is 0 Å². The zero-order chi connectivity index (χ0) is 20.0. The van der Waals surface area contributed by atoms with Gasteiger partial charge in [0, 0.05) is 29.3 Å². The standard InChI is InChI=1S/C23H23ClN2O3/c24-19-11-14(3-9-21(19)29-16-5-6-16)18(12-15-4-10-22(27)25-15)20-8-7-17(13-1-2-13)23(28)26-20/h3,7-9,11-13,15-16H,1-2,4-6,10H2,(H,25,27)(H,26,28)/b18-12+/t15-/m1/s1. The van der Waals surface area contributed by atoms with Crippen LogP contribution in [-0.4, -0.2) is 23.0 Å². The summed E-state index contributed by atoms with van der Waals surface area (Å²) in [5.74, 6) is 1.13. The van der Waals surface area contributed by atoms with Gasteiger partial charge in [-0.25, -0.2) is 0 Å². The second-order valence-electron chi connectivity index (χ2n) is 8.19. The van der Waals surface area contributed by atoms with Crippen LogP contribution in [0.3, 0.4) is 0 Å². The number of hydrogen-bond acceptors (Lipinski definition) is 3. The van der Waals surface area contributed by atoms with Gasteiger partial charge in [0.1, 0.15) is 5.75 Å². The molecule has 2 heterocycles. The number of nitrogens with one attached hydrogen (secondary N) is 2. The van der Waals surface area contributed by atoms with E-state index in [0.29, 0.717) is 23.1 Å². The van der Waals surface area contributed by atoms with Crippen LogP contribution in [0.5, 0.6) is 5.75 Å². The number of pyridine rings is 1. The molecule has 2 aliphatic carbocycles. The molecule has 1 aromatic carbocycles. The Balaban J connectivity index is 1.52. The van der Waals surface area contributed by atoms with E-state index in [-0.39, 0.29) is 23.6 Å². The molecule has 0 spiro atoms. The van der Waals surface area contributed by atoms with Crippen LogP contribution in [0.2, 0.25) is 5.02 Å². The number of benzene rings is 1. The Bertz CT molecular complexity index is 1050. The summed E-state index contributed by atoms with van der Waals surface area (Å²) in [4.78, 5) is 27.3. The molecule has 1 atom stereocenters. The Kier molecular flexibility index (Phi) is 4.70. The first-order chi connectivity index (χ1) is 14.1. The number of ether oxygens (including phenoxy) is 1. The lowest BCUT2D eigenvalue weighted by molar-refractivity contribution is -0.119. The van der Waals surface area contributed by atoms with Gasteiger partial charge in [-0.05, 0) is 61.8 Å². The molecule has 1 amide bonds. The number of aromatic amines is 1. The lowest BCUT2D eigenvalue weighted by Gasteiger charge is -2.14. The summed E-state index contributed by atoms with van der Waals surface area (Å²) in [6.07, 6.45) is 7.84. The number of rotatable bonds is 6. The van der Waals surface area contributed by atoms with Gasteiger partial charge in [0.15, 0.2) is 0 Å². The van der Waals surface area contributed by atoms with Crippen LogP contribution in [0.4, 0.5) is 0 Å². The van der Waals surface area contributed by atoms with Crippen molar-refractivity contribution in [2.75, 3.05) is 0 Å². The quantitative estimate of drug-likeness (QED) is 0.751. The number of carbonyl (C=O) groups excluding carboxylic acids is 1. The van der Waals surface area contributed by atoms with Crippen molar-refractivity contribution in [3.63, 3.8) is 0 Å². The van der Waals surface area contributed by atoms with Crippen LogP contribution in [0, 0.1) is 0 Å². The van der Waals surface area contributed by atoms with Gasteiger partial charge in [-0.1, -0.05) is 29.8 Å². The maximum absolute atomic E-state index is 12.6. The van der Waals surface area contributed by atoms with E-state index < -0.39 is 0 Å². The lowest BCUT2D eigenvalue weighted by atomic mass is 9.98. The first-order valence-corrected chi connectivity index (χ1v) is 10.7. The number of amides is 1. The Labute approximate surface area is 174 Å². The first-order valence-electron chi connectivity index (χ1n) is 10.3. The van der Waals surface area contributed by atoms with Gasteiger partial charge in [0.25, 0.3) is 5.56 Å². The minimum Gasteiger partial charge on any atom is -0.489 e. The van der Waals surface area contributed by atoms with Crippen LogP contribution < -0.4 is 15.6 Å². The third kappa shape index (κ3) is 4.10. The fourth-order valence-electron chi connectivity index (χ4n) is 3.79. The normalized spacial score (nSPS) is 21.9. The summed E-state index contributed by atoms with van der Waals surface area (Å²) in [5.41, 5.74) is 3.29. The van der Waals surface area contributed by atoms with Crippen LogP contribution >= 0.6 is 11.6 Å². The van der Waals surface area contributed by atoms with Crippen LogP contribution in [-0.2, 0) is 4.79 Å². The number of aromatic nitrogens is 1. The lowest BCUT2D eigenvalue weighted by Crippen LogP contribution is -2.23. The van der Waals surface area contributed by atoms with Gasteiger partial charge >= 0.3 is 0 Å². The van der Waals surface area contributed by atoms with Crippen molar-refractivity contribution in [2.24, 2.45) is 0 Å². The number of halogens is 1. The van der Waals surface area contributed by atoms with Gasteiger partial charge in [-0.15, -0.1) is 0 Å². The molecule has 3 aliphatic rings. The topological polar surface area (TPSA) is 71.2 Å². The molecule has 2 aromatic rings. The monoisotopic (exact) mass is 410 g/mol. The third-order valence-corrected chi connectivity index (χ3v) is 6.00. The summed E-state index contributed by atoms with van der Waals surface area (Å²) in [5, 5.41) is 3.52. The Hall–Kier alpha value is -2.53. The minimum absolute atomic E-state index is 0.0360. The van der Waals surface area contributed by atoms with Crippen molar-refractivity contribution >= 4 is 23.1 Å². The molecule has 5 nitrogen and oxygen atoms in total. The predicted molar refractivity (Wildman–Crippen MR) is 112 cm³/mol. The highest BCUT2D eigenvalue weighted by Crippen LogP contribution is 2.39. The minimum atomic E-state index is -0.0646. The highest BCUT2D eigenvalue weighted by atomic mass is 35.5. The molecule has 29 heavy (non-hydrogen) atoms. The zero-order valence-electron chi connectivity index (χ0n) is 16.0. The number of carbonyl (C=O) groups is 1. The molecule has 3 fully saturated rings. The van der Waals surface area contributed by atoms with E-state index in [0.717, 1.165) is 54.5 Å². The van der Waals surface area contributed by atoms with Gasteiger partial charge in [-0.2, -0.15) is 0 Å². The average Bonchev–Trinajstić information content (AvgIpc) is 3.62. The Morgan fingerprint density at radius 1 is 1.07 bits per heavy atom. The maximum atomic E-state index is 12.6. The second-order valence-corrected chi connectivity index (χ2v) is 8.59. The van der Waals surface area contributed by atoms with Crippen molar-refractivity contribution < 1.29 is 9.53 Å². The van der Waals surface area contributed by atoms with E-state index in [1.807, 2.05) is 36.4 Å². The molecule has 1 saturated heterocycles. The van der Waals surface area contributed by atoms with E-state index in [4.69, 9.17) is 16.3 Å². The fraction of sp³-hybridized carbons (Fsp3) is 0.391. The largest absolute Gasteiger partial charge is 0.489 e. The maximum Gasteiger partial charge on any atom is 0.251 e. The molecule has 2 saturated carbocycles. The molecule has 6 heteroatoms. The first kappa shape index (κ1) is 18.5. The van der Waals surface area contributed by atoms with E-state index in [1.54, 1.807) is 0 Å². The van der Waals surface area contributed by atoms with E-state index in [2.05, 4.69) is 10.3 Å². The van der Waals surface area contributed by atoms with Crippen molar-refractivity contribution in [1.82, 2.24) is 10.3 Å². The summed E-state index contributed by atoms with van der Waals surface area (Å²) in [6.45, 7) is 0. The summed E-state index contributed by atoms with van der Waals surface area (Å²) in [7, 11) is 0. The zero-order valence-corrected chi connectivity index (χ0v) is 16.8. The molecular formula is C23H23ClN2O3. The summed E-state index contributed by atoms with van der Waals surface area (Å²) in [6, 6.07) is 9.53. The average molecular weight is 411 g/mol. The molecule has 0 radical (unpaired) electrons. The molecule has 150 valence electrons. The molecule has 2 N–H and O–H groups in total. The molecular weight excluding hydrogens is 388 g/mol. The highest BCUT2D eigenvalue weighted by molar-refractivity contribution is 6.32. The number of hydrogen-bond donors (Lipinski definition) is 2. The van der Waals surface area contributed by atoms with Gasteiger partial charge in [-0.3, -0.25) is 9.59 Å². The van der Waals surface area contributed by atoms with Crippen molar-refractivity contribution in [3.05, 3.63) is 68.6 Å². The molecule has 0 unspecified atom stereocenters. The summed E-state index contributed by atoms with van der Waals surface area (Å²) >= 11 is 6.49. The van der Waals surface area contributed by atoms with E-state index >= 15 is 0 Å². The second kappa shape index (κ2) is 7.38. The Morgan fingerprint density at radius 3 is 2.52 bits per heavy atom. The van der Waals surface area contributed by atoms with Gasteiger partial charge in [0.2, 0.25) is 5.91 Å². The van der Waals surface area contributed by atoms with Crippen LogP contribution in [0.15, 0.2) is 41.2 Å². The van der Waals surface area contributed by atoms with Crippen LogP contribution in [0.25, 0.3) is 5.57 Å². The van der Waals surface area contributed by atoms with E-state index in [1.165, 1.54) is 0 Å². The molecule has 0 bridgehead atoms. The third-order valence-electron chi connectivity index (χ3n) is 5.70. The highest BCUT2D eigenvalue weighted by Gasteiger charge is 2.27. The van der Waals surface area contributed by atoms with Gasteiger partial charge in [0.05, 0.1) is 11.1 Å². The molecule has 1 aliphatic heterocycles.